The minimum Gasteiger partial charge on any atom is -0.390 e. The van der Waals surface area contributed by atoms with E-state index >= 15 is 0 Å². The molecule has 1 N–H and O–H groups in total. The van der Waals surface area contributed by atoms with E-state index in [0.29, 0.717) is 0 Å². The molecule has 19 heavy (non-hydrogen) atoms. The first-order valence-electron chi connectivity index (χ1n) is 7.29. The Bertz CT molecular complexity index is 437. The Morgan fingerprint density at radius 3 is 3.11 bits per heavy atom. The zero-order valence-electron chi connectivity index (χ0n) is 11.6. The van der Waals surface area contributed by atoms with Crippen molar-refractivity contribution in [3.8, 4) is 0 Å². The molecular weight excluding hydrogens is 238 g/mol. The van der Waals surface area contributed by atoms with Gasteiger partial charge in [0.05, 0.1) is 12.3 Å². The first-order chi connectivity index (χ1) is 9.28. The van der Waals surface area contributed by atoms with Gasteiger partial charge in [-0.1, -0.05) is 0 Å². The SMILES string of the molecule is CN1CCCC2CN(c3ccnc(CO)c3)CCC21. The number of fused-ring (bicyclic) bond motifs is 1. The Hall–Kier alpha value is -1.13. The first-order valence-corrected chi connectivity index (χ1v) is 7.29. The smallest absolute Gasteiger partial charge is 0.0853 e. The maximum atomic E-state index is 9.19. The van der Waals surface area contributed by atoms with E-state index in [4.69, 9.17) is 0 Å². The Labute approximate surface area is 115 Å². The average Bonchev–Trinajstić information content (AvgIpc) is 2.47. The number of aliphatic hydroxyl groups excluding tert-OH is 1. The van der Waals surface area contributed by atoms with Crippen LogP contribution in [0.5, 0.6) is 0 Å². The number of hydrogen-bond donors (Lipinski definition) is 1. The third-order valence-corrected chi connectivity index (χ3v) is 4.67. The van der Waals surface area contributed by atoms with Gasteiger partial charge in [-0.05, 0) is 50.9 Å². The highest BCUT2D eigenvalue weighted by molar-refractivity contribution is 5.47. The average molecular weight is 261 g/mol. The highest BCUT2D eigenvalue weighted by Crippen LogP contribution is 2.31. The zero-order valence-corrected chi connectivity index (χ0v) is 11.6. The zero-order chi connectivity index (χ0) is 13.2. The fourth-order valence-electron chi connectivity index (χ4n) is 3.64. The summed E-state index contributed by atoms with van der Waals surface area (Å²) in [7, 11) is 2.27. The molecule has 0 radical (unpaired) electrons. The van der Waals surface area contributed by atoms with Crippen molar-refractivity contribution in [3.63, 3.8) is 0 Å². The number of pyridine rings is 1. The van der Waals surface area contributed by atoms with Gasteiger partial charge in [-0.15, -0.1) is 0 Å². The van der Waals surface area contributed by atoms with Crippen LogP contribution in [0.4, 0.5) is 5.69 Å². The third kappa shape index (κ3) is 2.60. The molecule has 0 amide bonds. The maximum Gasteiger partial charge on any atom is 0.0853 e. The van der Waals surface area contributed by atoms with Crippen LogP contribution in [0, 0.1) is 5.92 Å². The lowest BCUT2D eigenvalue weighted by molar-refractivity contribution is 0.102. The van der Waals surface area contributed by atoms with E-state index in [-0.39, 0.29) is 6.61 Å². The van der Waals surface area contributed by atoms with Crippen LogP contribution in [0.15, 0.2) is 18.3 Å². The molecule has 0 aliphatic carbocycles. The monoisotopic (exact) mass is 261 g/mol. The highest BCUT2D eigenvalue weighted by atomic mass is 16.3. The lowest BCUT2D eigenvalue weighted by Crippen LogP contribution is -2.52. The van der Waals surface area contributed by atoms with Crippen molar-refractivity contribution in [2.75, 3.05) is 31.6 Å². The van der Waals surface area contributed by atoms with Crippen molar-refractivity contribution in [2.24, 2.45) is 5.92 Å². The van der Waals surface area contributed by atoms with Crippen molar-refractivity contribution in [3.05, 3.63) is 24.0 Å². The number of anilines is 1. The van der Waals surface area contributed by atoms with Gasteiger partial charge in [-0.2, -0.15) is 0 Å². The van der Waals surface area contributed by atoms with Crippen LogP contribution in [0.2, 0.25) is 0 Å². The molecule has 2 atom stereocenters. The largest absolute Gasteiger partial charge is 0.390 e. The van der Waals surface area contributed by atoms with Crippen LogP contribution in [0.25, 0.3) is 0 Å². The summed E-state index contributed by atoms with van der Waals surface area (Å²) < 4.78 is 0. The van der Waals surface area contributed by atoms with E-state index in [0.717, 1.165) is 30.7 Å². The number of likely N-dealkylation sites (tertiary alicyclic amines) is 1. The normalized spacial score (nSPS) is 28.2. The van der Waals surface area contributed by atoms with Crippen molar-refractivity contribution in [1.29, 1.82) is 0 Å². The molecule has 2 aliphatic rings. The van der Waals surface area contributed by atoms with E-state index in [2.05, 4.69) is 27.9 Å². The van der Waals surface area contributed by atoms with Crippen molar-refractivity contribution in [2.45, 2.75) is 31.9 Å². The van der Waals surface area contributed by atoms with Gasteiger partial charge in [0, 0.05) is 31.0 Å². The highest BCUT2D eigenvalue weighted by Gasteiger charge is 2.34. The number of aromatic nitrogens is 1. The molecule has 0 bridgehead atoms. The number of rotatable bonds is 2. The van der Waals surface area contributed by atoms with Crippen LogP contribution in [-0.4, -0.2) is 47.7 Å². The molecule has 2 saturated heterocycles. The van der Waals surface area contributed by atoms with Crippen LogP contribution in [-0.2, 0) is 6.61 Å². The number of hydrogen-bond acceptors (Lipinski definition) is 4. The molecule has 3 heterocycles. The molecular formula is C15H23N3O. The molecule has 0 aromatic carbocycles. The van der Waals surface area contributed by atoms with Crippen LogP contribution < -0.4 is 4.90 Å². The molecule has 3 rings (SSSR count). The summed E-state index contributed by atoms with van der Waals surface area (Å²) in [6.45, 7) is 3.53. The Morgan fingerprint density at radius 2 is 2.26 bits per heavy atom. The minimum atomic E-state index is 0.0243. The first kappa shape index (κ1) is 12.9. The summed E-state index contributed by atoms with van der Waals surface area (Å²) in [6, 6.07) is 4.85. The summed E-state index contributed by atoms with van der Waals surface area (Å²) in [5.74, 6) is 0.790. The molecule has 0 spiro atoms. The van der Waals surface area contributed by atoms with Gasteiger partial charge in [0.1, 0.15) is 0 Å². The molecule has 0 saturated carbocycles. The van der Waals surface area contributed by atoms with Crippen molar-refractivity contribution >= 4 is 5.69 Å². The second-order valence-corrected chi connectivity index (χ2v) is 5.85. The molecule has 4 nitrogen and oxygen atoms in total. The van der Waals surface area contributed by atoms with Gasteiger partial charge in [0.15, 0.2) is 0 Å². The maximum absolute atomic E-state index is 9.19. The van der Waals surface area contributed by atoms with Crippen molar-refractivity contribution < 1.29 is 5.11 Å². The van der Waals surface area contributed by atoms with E-state index < -0.39 is 0 Å². The van der Waals surface area contributed by atoms with Gasteiger partial charge in [-0.25, -0.2) is 0 Å². The van der Waals surface area contributed by atoms with Crippen LogP contribution >= 0.6 is 0 Å². The van der Waals surface area contributed by atoms with Gasteiger partial charge < -0.3 is 14.9 Å². The number of piperidine rings is 2. The van der Waals surface area contributed by atoms with Gasteiger partial charge in [0.25, 0.3) is 0 Å². The van der Waals surface area contributed by atoms with Crippen LogP contribution in [0.3, 0.4) is 0 Å². The Morgan fingerprint density at radius 1 is 1.37 bits per heavy atom. The van der Waals surface area contributed by atoms with Gasteiger partial charge in [0.2, 0.25) is 0 Å². The molecule has 2 aliphatic heterocycles. The molecule has 2 fully saturated rings. The quantitative estimate of drug-likeness (QED) is 0.875. The summed E-state index contributed by atoms with van der Waals surface area (Å²) in [6.07, 6.45) is 5.73. The predicted octanol–water partition coefficient (Wildman–Crippen LogP) is 1.49. The summed E-state index contributed by atoms with van der Waals surface area (Å²) in [5, 5.41) is 9.19. The van der Waals surface area contributed by atoms with E-state index in [1.54, 1.807) is 6.20 Å². The van der Waals surface area contributed by atoms with Crippen LogP contribution in [0.1, 0.15) is 25.0 Å². The Balaban J connectivity index is 1.73. The second-order valence-electron chi connectivity index (χ2n) is 5.85. The second kappa shape index (κ2) is 5.47. The number of aliphatic hydroxyl groups is 1. The van der Waals surface area contributed by atoms with E-state index in [1.165, 1.54) is 31.5 Å². The van der Waals surface area contributed by atoms with Crippen molar-refractivity contribution in [1.82, 2.24) is 9.88 Å². The fraction of sp³-hybridized carbons (Fsp3) is 0.667. The minimum absolute atomic E-state index is 0.0243. The molecule has 104 valence electrons. The Kier molecular flexibility index (Phi) is 3.71. The standard InChI is InChI=1S/C15H23N3O/c1-17-7-2-3-12-10-18(8-5-15(12)17)14-4-6-16-13(9-14)11-19/h4,6,9,12,15,19H,2-3,5,7-8,10-11H2,1H3. The van der Waals surface area contributed by atoms with Gasteiger partial charge in [-0.3, -0.25) is 4.98 Å². The lowest BCUT2D eigenvalue weighted by atomic mass is 9.84. The molecule has 4 heteroatoms. The summed E-state index contributed by atoms with van der Waals surface area (Å²) in [5.41, 5.74) is 1.98. The summed E-state index contributed by atoms with van der Waals surface area (Å²) >= 11 is 0. The van der Waals surface area contributed by atoms with E-state index in [1.807, 2.05) is 6.07 Å². The molecule has 2 unspecified atom stereocenters. The molecule has 1 aromatic heterocycles. The van der Waals surface area contributed by atoms with Gasteiger partial charge >= 0.3 is 0 Å². The molecule has 1 aromatic rings. The topological polar surface area (TPSA) is 39.6 Å². The van der Waals surface area contributed by atoms with E-state index in [9.17, 15) is 5.11 Å². The third-order valence-electron chi connectivity index (χ3n) is 4.67. The number of nitrogens with zero attached hydrogens (tertiary/aromatic N) is 3. The summed E-state index contributed by atoms with van der Waals surface area (Å²) in [4.78, 5) is 9.16. The predicted molar refractivity (Wildman–Crippen MR) is 76.1 cm³/mol. The lowest BCUT2D eigenvalue weighted by Gasteiger charge is -2.46. The fourth-order valence-corrected chi connectivity index (χ4v) is 3.64.